The summed E-state index contributed by atoms with van der Waals surface area (Å²) in [4.78, 5) is 11.3. The number of sulfonamides is 1. The molecule has 0 saturated heterocycles. The summed E-state index contributed by atoms with van der Waals surface area (Å²) in [5.41, 5.74) is 1.52. The Bertz CT molecular complexity index is 1160. The Kier molecular flexibility index (Phi) is 7.33. The van der Waals surface area contributed by atoms with Crippen molar-refractivity contribution in [1.29, 1.82) is 0 Å². The van der Waals surface area contributed by atoms with Crippen molar-refractivity contribution in [3.05, 3.63) is 88.4 Å². The molecule has 0 atom stereocenters. The van der Waals surface area contributed by atoms with Gasteiger partial charge in [0.25, 0.3) is 0 Å². The number of halogens is 1. The SMILES string of the molecule is CCc1ccc(S(=O)(=O)NCCc2ccc(Oc3ccc(Cl)cc3)cc2)cc1C(=O)O. The molecule has 3 rings (SSSR count). The van der Waals surface area contributed by atoms with Gasteiger partial charge in [0.1, 0.15) is 11.5 Å². The highest BCUT2D eigenvalue weighted by Crippen LogP contribution is 2.23. The lowest BCUT2D eigenvalue weighted by Gasteiger charge is -2.10. The van der Waals surface area contributed by atoms with Crippen LogP contribution in [0.2, 0.25) is 5.02 Å². The van der Waals surface area contributed by atoms with Crippen LogP contribution in [-0.2, 0) is 22.9 Å². The summed E-state index contributed by atoms with van der Waals surface area (Å²) in [5, 5.41) is 9.94. The van der Waals surface area contributed by atoms with Gasteiger partial charge in [-0.25, -0.2) is 17.9 Å². The fourth-order valence-corrected chi connectivity index (χ4v) is 4.19. The summed E-state index contributed by atoms with van der Waals surface area (Å²) in [7, 11) is -3.81. The van der Waals surface area contributed by atoms with Crippen LogP contribution in [0.5, 0.6) is 11.5 Å². The lowest BCUT2D eigenvalue weighted by molar-refractivity contribution is 0.0695. The Morgan fingerprint density at radius 1 is 1.00 bits per heavy atom. The van der Waals surface area contributed by atoms with Gasteiger partial charge in [-0.15, -0.1) is 0 Å². The summed E-state index contributed by atoms with van der Waals surface area (Å²) in [6.07, 6.45) is 0.979. The molecule has 0 aromatic heterocycles. The zero-order chi connectivity index (χ0) is 22.4. The molecule has 2 N–H and O–H groups in total. The predicted molar refractivity (Wildman–Crippen MR) is 120 cm³/mol. The highest BCUT2D eigenvalue weighted by atomic mass is 35.5. The van der Waals surface area contributed by atoms with Gasteiger partial charge >= 0.3 is 5.97 Å². The monoisotopic (exact) mass is 459 g/mol. The molecule has 0 heterocycles. The van der Waals surface area contributed by atoms with Crippen molar-refractivity contribution in [1.82, 2.24) is 4.72 Å². The molecule has 0 aliphatic heterocycles. The standard InChI is InChI=1S/C23H22ClNO5S/c1-2-17-5-12-21(15-22(17)23(26)27)31(28,29)25-14-13-16-3-8-19(9-4-16)30-20-10-6-18(24)7-11-20/h3-12,15,25H,2,13-14H2,1H3,(H,26,27). The number of carbonyl (C=O) groups is 1. The second-order valence-corrected chi connectivity index (χ2v) is 9.03. The van der Waals surface area contributed by atoms with E-state index in [9.17, 15) is 18.3 Å². The lowest BCUT2D eigenvalue weighted by atomic mass is 10.1. The topological polar surface area (TPSA) is 92.7 Å². The summed E-state index contributed by atoms with van der Waals surface area (Å²) >= 11 is 5.86. The van der Waals surface area contributed by atoms with Crippen molar-refractivity contribution in [2.24, 2.45) is 0 Å². The number of hydrogen-bond acceptors (Lipinski definition) is 4. The van der Waals surface area contributed by atoms with Crippen LogP contribution in [0.1, 0.15) is 28.4 Å². The van der Waals surface area contributed by atoms with E-state index < -0.39 is 16.0 Å². The molecule has 0 unspecified atom stereocenters. The highest BCUT2D eigenvalue weighted by Gasteiger charge is 2.18. The molecule has 0 saturated carbocycles. The smallest absolute Gasteiger partial charge is 0.336 e. The number of ether oxygens (including phenoxy) is 1. The first kappa shape index (κ1) is 22.8. The predicted octanol–water partition coefficient (Wildman–Crippen LogP) is 4.91. The normalized spacial score (nSPS) is 11.3. The van der Waals surface area contributed by atoms with Crippen LogP contribution < -0.4 is 9.46 Å². The molecule has 0 aliphatic carbocycles. The number of rotatable bonds is 9. The van der Waals surface area contributed by atoms with Gasteiger partial charge in [-0.05, 0) is 72.5 Å². The second-order valence-electron chi connectivity index (χ2n) is 6.83. The minimum absolute atomic E-state index is 0.00153. The van der Waals surface area contributed by atoms with Crippen molar-refractivity contribution >= 4 is 27.6 Å². The summed E-state index contributed by atoms with van der Waals surface area (Å²) < 4.78 is 33.3. The van der Waals surface area contributed by atoms with E-state index in [1.165, 1.54) is 18.2 Å². The van der Waals surface area contributed by atoms with Gasteiger partial charge in [0.2, 0.25) is 10.0 Å². The van der Waals surface area contributed by atoms with Crippen LogP contribution in [0.25, 0.3) is 0 Å². The third-order valence-electron chi connectivity index (χ3n) is 4.68. The minimum atomic E-state index is -3.81. The summed E-state index contributed by atoms with van der Waals surface area (Å²) in [6.45, 7) is 2.00. The number of aromatic carboxylic acids is 1. The Labute approximate surface area is 186 Å². The fraction of sp³-hybridized carbons (Fsp3) is 0.174. The summed E-state index contributed by atoms with van der Waals surface area (Å²) in [6, 6.07) is 18.5. The van der Waals surface area contributed by atoms with Gasteiger partial charge in [-0.3, -0.25) is 0 Å². The number of aryl methyl sites for hydroxylation is 1. The fourth-order valence-electron chi connectivity index (χ4n) is 3.01. The van der Waals surface area contributed by atoms with Gasteiger partial charge in [-0.2, -0.15) is 0 Å². The third-order valence-corrected chi connectivity index (χ3v) is 6.39. The zero-order valence-electron chi connectivity index (χ0n) is 16.8. The maximum atomic E-state index is 12.5. The van der Waals surface area contributed by atoms with Gasteiger partial charge < -0.3 is 9.84 Å². The van der Waals surface area contributed by atoms with Gasteiger partial charge in [0.05, 0.1) is 10.5 Å². The molecule has 0 bridgehead atoms. The molecule has 3 aromatic rings. The Hall–Kier alpha value is -2.87. The molecular weight excluding hydrogens is 438 g/mol. The van der Waals surface area contributed by atoms with E-state index in [2.05, 4.69) is 4.72 Å². The van der Waals surface area contributed by atoms with E-state index in [0.717, 1.165) is 5.56 Å². The Morgan fingerprint density at radius 2 is 1.61 bits per heavy atom. The van der Waals surface area contributed by atoms with Gasteiger partial charge in [0, 0.05) is 11.6 Å². The van der Waals surface area contributed by atoms with Crippen LogP contribution in [0.3, 0.4) is 0 Å². The largest absolute Gasteiger partial charge is 0.478 e. The average molecular weight is 460 g/mol. The summed E-state index contributed by atoms with van der Waals surface area (Å²) in [5.74, 6) is 0.179. The van der Waals surface area contributed by atoms with E-state index >= 15 is 0 Å². The maximum absolute atomic E-state index is 12.5. The first-order chi connectivity index (χ1) is 14.8. The highest BCUT2D eigenvalue weighted by molar-refractivity contribution is 7.89. The molecule has 0 fully saturated rings. The Morgan fingerprint density at radius 3 is 2.19 bits per heavy atom. The maximum Gasteiger partial charge on any atom is 0.336 e. The van der Waals surface area contributed by atoms with Crippen molar-refractivity contribution in [3.8, 4) is 11.5 Å². The molecule has 162 valence electrons. The van der Waals surface area contributed by atoms with E-state index in [0.29, 0.717) is 34.9 Å². The van der Waals surface area contributed by atoms with Crippen LogP contribution in [0.4, 0.5) is 0 Å². The molecule has 0 spiro atoms. The Balaban J connectivity index is 1.59. The van der Waals surface area contributed by atoms with Crippen molar-refractivity contribution in [2.75, 3.05) is 6.54 Å². The molecule has 31 heavy (non-hydrogen) atoms. The number of hydrogen-bond donors (Lipinski definition) is 2. The molecule has 0 aliphatic rings. The van der Waals surface area contributed by atoms with E-state index in [4.69, 9.17) is 16.3 Å². The number of carboxylic acids is 1. The van der Waals surface area contributed by atoms with Crippen molar-refractivity contribution in [2.45, 2.75) is 24.7 Å². The minimum Gasteiger partial charge on any atom is -0.478 e. The van der Waals surface area contributed by atoms with Crippen LogP contribution >= 0.6 is 11.6 Å². The molecule has 6 nitrogen and oxygen atoms in total. The molecule has 0 amide bonds. The van der Waals surface area contributed by atoms with E-state index in [1.807, 2.05) is 19.1 Å². The van der Waals surface area contributed by atoms with E-state index in [1.54, 1.807) is 36.4 Å². The zero-order valence-corrected chi connectivity index (χ0v) is 18.4. The number of nitrogens with one attached hydrogen (secondary N) is 1. The van der Waals surface area contributed by atoms with Crippen LogP contribution in [0.15, 0.2) is 71.6 Å². The molecule has 0 radical (unpaired) electrons. The quantitative estimate of drug-likeness (QED) is 0.474. The lowest BCUT2D eigenvalue weighted by Crippen LogP contribution is -2.26. The van der Waals surface area contributed by atoms with Crippen molar-refractivity contribution in [3.63, 3.8) is 0 Å². The second kappa shape index (κ2) is 9.96. The average Bonchev–Trinajstić information content (AvgIpc) is 2.76. The van der Waals surface area contributed by atoms with Crippen LogP contribution in [-0.4, -0.2) is 26.0 Å². The van der Waals surface area contributed by atoms with Gasteiger partial charge in [0.15, 0.2) is 0 Å². The molecular formula is C23H22ClNO5S. The molecule has 8 heteroatoms. The third kappa shape index (κ3) is 6.07. The van der Waals surface area contributed by atoms with E-state index in [-0.39, 0.29) is 17.0 Å². The number of benzene rings is 3. The van der Waals surface area contributed by atoms with Crippen molar-refractivity contribution < 1.29 is 23.1 Å². The first-order valence-corrected chi connectivity index (χ1v) is 11.5. The first-order valence-electron chi connectivity index (χ1n) is 9.67. The van der Waals surface area contributed by atoms with Crippen LogP contribution in [0, 0.1) is 0 Å². The number of carboxylic acid groups (broad SMARTS) is 1. The molecule has 3 aromatic carbocycles. The van der Waals surface area contributed by atoms with Gasteiger partial charge in [-0.1, -0.05) is 36.7 Å².